The Morgan fingerprint density at radius 2 is 1.64 bits per heavy atom. The molecule has 2 atom stereocenters. The van der Waals surface area contributed by atoms with Gasteiger partial charge < -0.3 is 9.64 Å². The van der Waals surface area contributed by atoms with Gasteiger partial charge in [-0.3, -0.25) is 9.69 Å². The normalized spacial score (nSPS) is 19.7. The Kier molecular flexibility index (Phi) is 8.55. The van der Waals surface area contributed by atoms with Crippen molar-refractivity contribution in [1.82, 2.24) is 9.80 Å². The maximum Gasteiger partial charge on any atom is 0.241 e. The van der Waals surface area contributed by atoms with Crippen LogP contribution < -0.4 is 4.74 Å². The van der Waals surface area contributed by atoms with Crippen molar-refractivity contribution in [1.29, 1.82) is 0 Å². The maximum absolute atomic E-state index is 14.4. The van der Waals surface area contributed by atoms with Gasteiger partial charge in [0, 0.05) is 19.6 Å². The van der Waals surface area contributed by atoms with Crippen molar-refractivity contribution < 1.29 is 13.9 Å². The number of rotatable bonds is 8. The van der Waals surface area contributed by atoms with Crippen molar-refractivity contribution in [2.24, 2.45) is 5.92 Å². The van der Waals surface area contributed by atoms with E-state index in [0.717, 1.165) is 29.0 Å². The molecule has 3 aromatic rings. The number of benzene rings is 3. The number of amides is 1. The summed E-state index contributed by atoms with van der Waals surface area (Å²) in [6.45, 7) is 6.29. The fourth-order valence-electron chi connectivity index (χ4n) is 4.82. The van der Waals surface area contributed by atoms with Crippen LogP contribution in [0.4, 0.5) is 4.39 Å². The highest BCUT2D eigenvalue weighted by molar-refractivity contribution is 5.83. The molecule has 3 aromatic carbocycles. The predicted molar refractivity (Wildman–Crippen MR) is 142 cm³/mol. The van der Waals surface area contributed by atoms with Crippen molar-refractivity contribution in [2.75, 3.05) is 20.2 Å². The number of hydrogen-bond acceptors (Lipinski definition) is 3. The van der Waals surface area contributed by atoms with Crippen LogP contribution in [0, 0.1) is 11.7 Å². The number of ether oxygens (including phenoxy) is 1. The van der Waals surface area contributed by atoms with Crippen LogP contribution in [0.25, 0.3) is 0 Å². The zero-order valence-electron chi connectivity index (χ0n) is 21.3. The lowest BCUT2D eigenvalue weighted by Gasteiger charge is -2.40. The van der Waals surface area contributed by atoms with Gasteiger partial charge in [0.25, 0.3) is 0 Å². The van der Waals surface area contributed by atoms with Gasteiger partial charge in [-0.2, -0.15) is 0 Å². The second-order valence-electron chi connectivity index (χ2n) is 9.79. The number of halogens is 1. The molecule has 36 heavy (non-hydrogen) atoms. The highest BCUT2D eigenvalue weighted by Crippen LogP contribution is 2.30. The van der Waals surface area contributed by atoms with E-state index in [4.69, 9.17) is 4.74 Å². The van der Waals surface area contributed by atoms with Crippen LogP contribution in [-0.2, 0) is 17.8 Å². The minimum absolute atomic E-state index is 0.0778. The molecule has 0 bridgehead atoms. The summed E-state index contributed by atoms with van der Waals surface area (Å²) in [7, 11) is 1.65. The molecule has 188 valence electrons. The van der Waals surface area contributed by atoms with Crippen molar-refractivity contribution in [3.63, 3.8) is 0 Å². The van der Waals surface area contributed by atoms with E-state index in [1.807, 2.05) is 47.4 Å². The molecule has 0 aromatic heterocycles. The van der Waals surface area contributed by atoms with Gasteiger partial charge in [-0.1, -0.05) is 80.6 Å². The summed E-state index contributed by atoms with van der Waals surface area (Å²) in [6.07, 6.45) is 4.93. The van der Waals surface area contributed by atoms with Gasteiger partial charge in [-0.05, 0) is 53.3 Å². The molecule has 0 spiro atoms. The summed E-state index contributed by atoms with van der Waals surface area (Å²) < 4.78 is 19.0. The molecular formula is C31H35FN2O2. The van der Waals surface area contributed by atoms with Crippen LogP contribution in [0.2, 0.25) is 0 Å². The van der Waals surface area contributed by atoms with Gasteiger partial charge in [0.2, 0.25) is 5.91 Å². The van der Waals surface area contributed by atoms with Crippen LogP contribution in [0.3, 0.4) is 0 Å². The van der Waals surface area contributed by atoms with Gasteiger partial charge in [-0.15, -0.1) is 0 Å². The highest BCUT2D eigenvalue weighted by atomic mass is 19.1. The number of hydrogen-bond donors (Lipinski definition) is 0. The van der Waals surface area contributed by atoms with Crippen LogP contribution in [-0.4, -0.2) is 41.9 Å². The third-order valence-electron chi connectivity index (χ3n) is 6.60. The molecule has 0 fully saturated rings. The molecule has 1 aliphatic rings. The molecule has 1 aliphatic heterocycles. The Hall–Kier alpha value is -3.44. The molecule has 4 nitrogen and oxygen atoms in total. The predicted octanol–water partition coefficient (Wildman–Crippen LogP) is 6.04. The van der Waals surface area contributed by atoms with Gasteiger partial charge in [-0.25, -0.2) is 4.39 Å². The maximum atomic E-state index is 14.4. The number of carbonyl (C=O) groups is 1. The molecule has 0 saturated heterocycles. The van der Waals surface area contributed by atoms with Crippen molar-refractivity contribution in [3.8, 4) is 5.75 Å². The molecule has 0 N–H and O–H groups in total. The second-order valence-corrected chi connectivity index (χ2v) is 9.79. The van der Waals surface area contributed by atoms with Crippen molar-refractivity contribution in [3.05, 3.63) is 114 Å². The van der Waals surface area contributed by atoms with E-state index < -0.39 is 0 Å². The van der Waals surface area contributed by atoms with E-state index in [1.54, 1.807) is 19.2 Å². The van der Waals surface area contributed by atoms with E-state index in [0.29, 0.717) is 25.4 Å². The minimum atomic E-state index is -0.305. The summed E-state index contributed by atoms with van der Waals surface area (Å²) >= 11 is 0. The number of carbonyl (C=O) groups excluding carboxylic acids is 1. The standard InChI is InChI=1S/C31H35FN2O2/c1-23(2)21-33-19-7-10-29(26-13-17-28(36-3)18-14-26)34(22-25-11-15-27(32)16-12-25)31(35)30(33)20-24-8-5-4-6-9-24/h4-18,23,29-30H,19-22H2,1-3H3/b10-7-/t29?,30-/m0/s1. The first-order chi connectivity index (χ1) is 17.4. The van der Waals surface area contributed by atoms with Crippen LogP contribution in [0.5, 0.6) is 5.75 Å². The molecule has 4 rings (SSSR count). The first-order valence-corrected chi connectivity index (χ1v) is 12.6. The molecule has 1 heterocycles. The van der Waals surface area contributed by atoms with Gasteiger partial charge in [0.1, 0.15) is 11.6 Å². The second kappa shape index (κ2) is 12.0. The third kappa shape index (κ3) is 6.41. The third-order valence-corrected chi connectivity index (χ3v) is 6.60. The summed E-state index contributed by atoms with van der Waals surface area (Å²) in [5, 5.41) is 0. The Bertz CT molecular complexity index is 1140. The SMILES string of the molecule is COc1ccc(C2/C=C\CN(CC(C)C)[C@@H](Cc3ccccc3)C(=O)N2Cc2ccc(F)cc2)cc1. The molecule has 1 unspecified atom stereocenters. The summed E-state index contributed by atoms with van der Waals surface area (Å²) in [5.41, 5.74) is 3.04. The Labute approximate surface area is 214 Å². The van der Waals surface area contributed by atoms with Crippen LogP contribution in [0.1, 0.15) is 36.6 Å². The molecular weight excluding hydrogens is 451 g/mol. The van der Waals surface area contributed by atoms with E-state index in [2.05, 4.69) is 43.0 Å². The van der Waals surface area contributed by atoms with E-state index in [-0.39, 0.29) is 23.8 Å². The minimum Gasteiger partial charge on any atom is -0.497 e. The van der Waals surface area contributed by atoms with Crippen molar-refractivity contribution in [2.45, 2.75) is 38.9 Å². The molecule has 0 aliphatic carbocycles. The van der Waals surface area contributed by atoms with E-state index in [1.165, 1.54) is 12.1 Å². The van der Waals surface area contributed by atoms with Gasteiger partial charge in [0.05, 0.1) is 19.2 Å². The lowest BCUT2D eigenvalue weighted by atomic mass is 9.96. The smallest absolute Gasteiger partial charge is 0.241 e. The zero-order chi connectivity index (χ0) is 25.5. The first kappa shape index (κ1) is 25.6. The molecule has 5 heteroatoms. The average Bonchev–Trinajstić information content (AvgIpc) is 2.89. The largest absolute Gasteiger partial charge is 0.497 e. The lowest BCUT2D eigenvalue weighted by Crippen LogP contribution is -2.52. The van der Waals surface area contributed by atoms with E-state index in [9.17, 15) is 9.18 Å². The molecule has 0 radical (unpaired) electrons. The first-order valence-electron chi connectivity index (χ1n) is 12.6. The Morgan fingerprint density at radius 3 is 2.28 bits per heavy atom. The summed E-state index contributed by atoms with van der Waals surface area (Å²) in [6, 6.07) is 24.0. The fourth-order valence-corrected chi connectivity index (χ4v) is 4.82. The van der Waals surface area contributed by atoms with Gasteiger partial charge >= 0.3 is 0 Å². The summed E-state index contributed by atoms with van der Waals surface area (Å²) in [4.78, 5) is 18.7. The fraction of sp³-hybridized carbons (Fsp3) is 0.323. The zero-order valence-corrected chi connectivity index (χ0v) is 21.3. The Morgan fingerprint density at radius 1 is 0.944 bits per heavy atom. The quantitative estimate of drug-likeness (QED) is 0.364. The topological polar surface area (TPSA) is 32.8 Å². The lowest BCUT2D eigenvalue weighted by molar-refractivity contribution is -0.139. The number of methoxy groups -OCH3 is 1. The number of nitrogens with zero attached hydrogens (tertiary/aromatic N) is 2. The summed E-state index contributed by atoms with van der Waals surface area (Å²) in [5.74, 6) is 0.991. The highest BCUT2D eigenvalue weighted by Gasteiger charge is 2.35. The van der Waals surface area contributed by atoms with Crippen LogP contribution in [0.15, 0.2) is 91.0 Å². The Balaban J connectivity index is 1.76. The molecule has 0 saturated carbocycles. The van der Waals surface area contributed by atoms with Crippen LogP contribution >= 0.6 is 0 Å². The van der Waals surface area contributed by atoms with E-state index >= 15 is 0 Å². The monoisotopic (exact) mass is 486 g/mol. The van der Waals surface area contributed by atoms with Gasteiger partial charge in [0.15, 0.2) is 0 Å². The molecule has 1 amide bonds. The average molecular weight is 487 g/mol. The van der Waals surface area contributed by atoms with Crippen molar-refractivity contribution >= 4 is 5.91 Å².